The number of aromatic hydroxyl groups is 1. The van der Waals surface area contributed by atoms with Crippen LogP contribution >= 0.6 is 0 Å². The zero-order chi connectivity index (χ0) is 52.7. The Labute approximate surface area is 474 Å². The number of rotatable bonds is 12. The minimum absolute atomic E-state index is 0. The molecule has 0 saturated heterocycles. The topological polar surface area (TPSA) is 50.9 Å². The molecule has 4 nitrogen and oxygen atoms in total. The molecule has 0 radical (unpaired) electrons. The van der Waals surface area contributed by atoms with Crippen LogP contribution in [0.1, 0.15) is 82.6 Å². The number of phenolic OH excluding ortho intramolecular Hbond substituents is 1. The number of benzene rings is 9. The molecule has 0 amide bonds. The molecule has 0 unspecified atom stereocenters. The van der Waals surface area contributed by atoms with E-state index in [9.17, 15) is 5.11 Å². The average Bonchev–Trinajstić information content (AvgIpc) is 4.33. The summed E-state index contributed by atoms with van der Waals surface area (Å²) < 4.78 is 2.30. The van der Waals surface area contributed by atoms with Crippen LogP contribution in [0.15, 0.2) is 225 Å². The molecule has 1 saturated carbocycles. The number of fused-ring (bicyclic) bond motifs is 1. The van der Waals surface area contributed by atoms with Crippen molar-refractivity contribution in [3.8, 4) is 89.7 Å². The fourth-order valence-corrected chi connectivity index (χ4v) is 11.6. The summed E-state index contributed by atoms with van der Waals surface area (Å²) in [6.07, 6.45) is 8.15. The number of nitrogens with zero attached hydrogens (tertiary/aromatic N) is 3. The van der Waals surface area contributed by atoms with Gasteiger partial charge in [-0.25, -0.2) is 4.98 Å². The Morgan fingerprint density at radius 2 is 1.09 bits per heavy atom. The van der Waals surface area contributed by atoms with Gasteiger partial charge >= 0.3 is 0 Å². The monoisotopic (exact) mass is 1190 g/mol. The first kappa shape index (κ1) is 52.2. The van der Waals surface area contributed by atoms with Crippen LogP contribution in [0.3, 0.4) is 0 Å². The maximum absolute atomic E-state index is 12.8. The van der Waals surface area contributed by atoms with Gasteiger partial charge in [-0.3, -0.25) is 9.55 Å². The van der Waals surface area contributed by atoms with E-state index in [1.54, 1.807) is 0 Å². The first-order chi connectivity index (χ1) is 37.5. The van der Waals surface area contributed by atoms with E-state index in [0.29, 0.717) is 17.3 Å². The molecule has 0 atom stereocenters. The smallest absolute Gasteiger partial charge is 0.148 e. The SMILES string of the molecule is CC(C)(C)c1cc(-c2ccccc2)c(O)c(-c2nc3c(-c4[c-]c(-c5cc(-c6cccc(C(C)(C)c7ccccc7)c6)ccn5)cc(-c5ccccc5)c4)cccc3n2-c2ccc(CC3CCCC3)cc2-c2ccccc2)c1.[Pt]. The minimum atomic E-state index is -0.235. The Hall–Kier alpha value is -7.91. The maximum Gasteiger partial charge on any atom is 0.148 e. The van der Waals surface area contributed by atoms with E-state index in [1.807, 2.05) is 24.4 Å². The number of para-hydroxylation sites is 1. The normalized spacial score (nSPS) is 12.9. The van der Waals surface area contributed by atoms with Crippen molar-refractivity contribution in [1.82, 2.24) is 14.5 Å². The molecule has 12 rings (SSSR count). The molecule has 1 N–H and O–H groups in total. The Balaban J connectivity index is 0.00000645. The van der Waals surface area contributed by atoms with Crippen LogP contribution in [0, 0.1) is 12.0 Å². The third-order valence-corrected chi connectivity index (χ3v) is 16.1. The van der Waals surface area contributed by atoms with Gasteiger partial charge in [0.2, 0.25) is 0 Å². The number of aromatic nitrogens is 3. The predicted molar refractivity (Wildman–Crippen MR) is 320 cm³/mol. The Bertz CT molecular complexity index is 3910. The van der Waals surface area contributed by atoms with Crippen LogP contribution in [-0.2, 0) is 38.3 Å². The van der Waals surface area contributed by atoms with Gasteiger partial charge in [-0.2, -0.15) is 0 Å². The van der Waals surface area contributed by atoms with Crippen LogP contribution in [0.25, 0.3) is 95.0 Å². The van der Waals surface area contributed by atoms with Gasteiger partial charge in [-0.05, 0) is 104 Å². The van der Waals surface area contributed by atoms with E-state index in [1.165, 1.54) is 42.4 Å². The first-order valence-corrected chi connectivity index (χ1v) is 27.4. The van der Waals surface area contributed by atoms with Gasteiger partial charge in [0.15, 0.2) is 0 Å². The van der Waals surface area contributed by atoms with Crippen molar-refractivity contribution < 1.29 is 26.2 Å². The molecule has 78 heavy (non-hydrogen) atoms. The van der Waals surface area contributed by atoms with E-state index >= 15 is 0 Å². The van der Waals surface area contributed by atoms with E-state index in [-0.39, 0.29) is 37.6 Å². The summed E-state index contributed by atoms with van der Waals surface area (Å²) in [6, 6.07) is 81.7. The molecule has 11 aromatic rings. The second-order valence-corrected chi connectivity index (χ2v) is 22.6. The van der Waals surface area contributed by atoms with E-state index in [4.69, 9.17) is 9.97 Å². The quantitative estimate of drug-likeness (QED) is 0.124. The van der Waals surface area contributed by atoms with E-state index in [2.05, 4.69) is 245 Å². The van der Waals surface area contributed by atoms with Crippen LogP contribution in [0.2, 0.25) is 0 Å². The summed E-state index contributed by atoms with van der Waals surface area (Å²) in [6.45, 7) is 11.3. The molecule has 0 spiro atoms. The van der Waals surface area contributed by atoms with Gasteiger partial charge in [0.1, 0.15) is 11.6 Å². The number of pyridine rings is 1. The molecule has 1 aliphatic rings. The van der Waals surface area contributed by atoms with Crippen molar-refractivity contribution in [2.24, 2.45) is 5.92 Å². The van der Waals surface area contributed by atoms with Gasteiger partial charge in [-0.15, -0.1) is 23.8 Å². The zero-order valence-corrected chi connectivity index (χ0v) is 47.4. The summed E-state index contributed by atoms with van der Waals surface area (Å²) in [4.78, 5) is 10.8. The van der Waals surface area contributed by atoms with Gasteiger partial charge in [-0.1, -0.05) is 247 Å². The third kappa shape index (κ3) is 10.3. The molecule has 2 aromatic heterocycles. The van der Waals surface area contributed by atoms with Crippen LogP contribution in [-0.4, -0.2) is 19.6 Å². The molecule has 2 heterocycles. The second-order valence-electron chi connectivity index (χ2n) is 22.6. The molecule has 0 bridgehead atoms. The van der Waals surface area contributed by atoms with Crippen molar-refractivity contribution in [2.75, 3.05) is 0 Å². The number of imidazole rings is 1. The summed E-state index contributed by atoms with van der Waals surface area (Å²) in [7, 11) is 0. The molecule has 388 valence electrons. The summed E-state index contributed by atoms with van der Waals surface area (Å²) in [5.74, 6) is 1.56. The van der Waals surface area contributed by atoms with Crippen molar-refractivity contribution >= 4 is 11.0 Å². The fourth-order valence-electron chi connectivity index (χ4n) is 11.6. The Morgan fingerprint density at radius 1 is 0.500 bits per heavy atom. The summed E-state index contributed by atoms with van der Waals surface area (Å²) in [5, 5.41) is 12.8. The van der Waals surface area contributed by atoms with Gasteiger partial charge in [0, 0.05) is 49.5 Å². The third-order valence-electron chi connectivity index (χ3n) is 16.1. The van der Waals surface area contributed by atoms with Crippen molar-refractivity contribution in [2.45, 2.75) is 77.6 Å². The van der Waals surface area contributed by atoms with Crippen LogP contribution in [0.4, 0.5) is 0 Å². The fraction of sp³-hybridized carbons (Fsp3) is 0.178. The van der Waals surface area contributed by atoms with Gasteiger partial charge < -0.3 is 5.11 Å². The summed E-state index contributed by atoms with van der Waals surface area (Å²) >= 11 is 0. The van der Waals surface area contributed by atoms with E-state index in [0.717, 1.165) is 95.6 Å². The maximum atomic E-state index is 12.8. The zero-order valence-electron chi connectivity index (χ0n) is 45.1. The molecule has 5 heteroatoms. The predicted octanol–water partition coefficient (Wildman–Crippen LogP) is 18.9. The summed E-state index contributed by atoms with van der Waals surface area (Å²) in [5.41, 5.74) is 19.9. The van der Waals surface area contributed by atoms with Gasteiger partial charge in [0.05, 0.1) is 22.3 Å². The van der Waals surface area contributed by atoms with Crippen molar-refractivity contribution in [1.29, 1.82) is 0 Å². The second kappa shape index (κ2) is 21.8. The minimum Gasteiger partial charge on any atom is -0.507 e. The molecule has 1 fully saturated rings. The number of hydrogen-bond donors (Lipinski definition) is 1. The van der Waals surface area contributed by atoms with Crippen molar-refractivity contribution in [3.05, 3.63) is 253 Å². The van der Waals surface area contributed by atoms with Gasteiger partial charge in [0.25, 0.3) is 0 Å². The molecular weight excluding hydrogens is 1130 g/mol. The van der Waals surface area contributed by atoms with Crippen molar-refractivity contribution in [3.63, 3.8) is 0 Å². The molecule has 1 aliphatic carbocycles. The standard InChI is InChI=1S/C73H64N3O.Pt/c1-72(2,3)61-47-64(53-28-14-8-15-29-53)70(77)65(48-61)71-75-69-62(34-21-35-68(69)76(71)67-37-36-50(40-49-22-18-19-23-49)41-63(67)52-26-12-7-13-27-52)57-42-56(51-24-10-6-11-25-51)43-58(44-57)66-46-55(38-39-74-66)54-30-20-33-60(45-54)73(4,5)59-31-16-9-17-32-59;/h6-17,20-21,24-39,41-43,45-49,77H,18-19,22-23,40H2,1-5H3;/q-1;. The molecule has 9 aromatic carbocycles. The number of phenols is 1. The average molecular weight is 1190 g/mol. The van der Waals surface area contributed by atoms with Crippen LogP contribution in [0.5, 0.6) is 5.75 Å². The molecule has 0 aliphatic heterocycles. The number of hydrogen-bond acceptors (Lipinski definition) is 3. The Kier molecular flexibility index (Phi) is 14.6. The Morgan fingerprint density at radius 3 is 1.78 bits per heavy atom. The van der Waals surface area contributed by atoms with Crippen LogP contribution < -0.4 is 0 Å². The first-order valence-electron chi connectivity index (χ1n) is 27.4. The largest absolute Gasteiger partial charge is 0.507 e. The van der Waals surface area contributed by atoms with E-state index < -0.39 is 0 Å². The molecular formula is C73H64N3OPt-.